The lowest BCUT2D eigenvalue weighted by molar-refractivity contribution is 0.379. The number of benzene rings is 2. The van der Waals surface area contributed by atoms with Gasteiger partial charge in [0.25, 0.3) is 0 Å². The van der Waals surface area contributed by atoms with E-state index in [2.05, 4.69) is 22.0 Å². The molecule has 0 saturated carbocycles. The number of piperidine rings is 1. The summed E-state index contributed by atoms with van der Waals surface area (Å²) < 4.78 is 44.4. The fraction of sp³-hybridized carbons (Fsp3) is 0.304. The molecule has 6 heteroatoms. The summed E-state index contributed by atoms with van der Waals surface area (Å²) in [4.78, 5) is 0.251. The van der Waals surface area contributed by atoms with Crippen molar-refractivity contribution in [2.75, 3.05) is 13.1 Å². The van der Waals surface area contributed by atoms with Gasteiger partial charge in [0.15, 0.2) is 0 Å². The molecule has 29 heavy (non-hydrogen) atoms. The van der Waals surface area contributed by atoms with E-state index < -0.39 is 10.0 Å². The van der Waals surface area contributed by atoms with E-state index in [4.69, 9.17) is 0 Å². The number of hydrogen-bond acceptors (Lipinski definition) is 2. The van der Waals surface area contributed by atoms with Crippen LogP contribution < -0.4 is 0 Å². The van der Waals surface area contributed by atoms with Gasteiger partial charge in [0, 0.05) is 29.0 Å². The van der Waals surface area contributed by atoms with Crippen LogP contribution in [0, 0.1) is 12.8 Å². The Bertz CT molecular complexity index is 1070. The molecule has 0 spiro atoms. The van der Waals surface area contributed by atoms with E-state index in [1.54, 1.807) is 48.5 Å². The molecule has 2 aromatic carbocycles. The first kappa shape index (κ1) is 20.5. The van der Waals surface area contributed by atoms with Gasteiger partial charge in [-0.25, -0.2) is 12.8 Å². The Morgan fingerprint density at radius 3 is 2.45 bits per heavy atom. The van der Waals surface area contributed by atoms with Crippen molar-refractivity contribution in [3.8, 4) is 0 Å². The lowest BCUT2D eigenvalue weighted by Gasteiger charge is -2.38. The van der Waals surface area contributed by atoms with E-state index in [1.807, 2.05) is 6.92 Å². The molecule has 1 aliphatic carbocycles. The third-order valence-corrected chi connectivity index (χ3v) is 8.05. The van der Waals surface area contributed by atoms with E-state index in [1.165, 1.54) is 4.31 Å². The average Bonchev–Trinajstić information content (AvgIpc) is 2.73. The molecule has 0 aromatic heterocycles. The van der Waals surface area contributed by atoms with Crippen LogP contribution in [-0.2, 0) is 10.0 Å². The zero-order valence-electron chi connectivity index (χ0n) is 16.2. The number of nitrogens with zero attached hydrogens (tertiary/aromatic N) is 1. The van der Waals surface area contributed by atoms with Crippen LogP contribution in [0.4, 0.5) is 4.39 Å². The molecule has 1 unspecified atom stereocenters. The number of halogens is 2. The summed E-state index contributed by atoms with van der Waals surface area (Å²) in [5, 5.41) is 0. The average molecular weight is 476 g/mol. The molecule has 0 bridgehead atoms. The van der Waals surface area contributed by atoms with E-state index in [-0.39, 0.29) is 23.2 Å². The number of allylic oxidation sites excluding steroid dienone is 1. The summed E-state index contributed by atoms with van der Waals surface area (Å²) in [6.45, 7) is 2.33. The van der Waals surface area contributed by atoms with Crippen molar-refractivity contribution in [1.82, 2.24) is 4.31 Å². The van der Waals surface area contributed by atoms with Gasteiger partial charge in [-0.2, -0.15) is 4.31 Å². The summed E-state index contributed by atoms with van der Waals surface area (Å²) >= 11 is 3.38. The molecule has 1 heterocycles. The van der Waals surface area contributed by atoms with Crippen LogP contribution in [0.3, 0.4) is 0 Å². The molecule has 0 N–H and O–H groups in total. The largest absolute Gasteiger partial charge is 0.243 e. The van der Waals surface area contributed by atoms with Crippen LogP contribution in [0.25, 0.3) is 5.83 Å². The van der Waals surface area contributed by atoms with Gasteiger partial charge in [-0.3, -0.25) is 0 Å². The fourth-order valence-electron chi connectivity index (χ4n) is 4.10. The van der Waals surface area contributed by atoms with Crippen molar-refractivity contribution < 1.29 is 12.8 Å². The van der Waals surface area contributed by atoms with Crippen LogP contribution in [0.5, 0.6) is 0 Å². The first-order valence-electron chi connectivity index (χ1n) is 9.76. The number of fused-ring (bicyclic) bond motifs is 1. The molecule has 1 aliphatic heterocycles. The zero-order valence-corrected chi connectivity index (χ0v) is 18.6. The van der Waals surface area contributed by atoms with Gasteiger partial charge in [0.1, 0.15) is 5.83 Å². The van der Waals surface area contributed by atoms with Gasteiger partial charge < -0.3 is 0 Å². The molecule has 1 saturated heterocycles. The number of hydrogen-bond donors (Lipinski definition) is 0. The van der Waals surface area contributed by atoms with Crippen molar-refractivity contribution >= 4 is 31.8 Å². The summed E-state index contributed by atoms with van der Waals surface area (Å²) in [5.74, 6) is -0.323. The van der Waals surface area contributed by atoms with Crippen LogP contribution in [0.2, 0.25) is 0 Å². The minimum absolute atomic E-state index is 0.0168. The molecule has 2 aliphatic rings. The Kier molecular flexibility index (Phi) is 5.78. The van der Waals surface area contributed by atoms with Gasteiger partial charge >= 0.3 is 0 Å². The lowest BCUT2D eigenvalue weighted by atomic mass is 9.79. The minimum Gasteiger partial charge on any atom is -0.207 e. The van der Waals surface area contributed by atoms with Gasteiger partial charge in [-0.05, 0) is 56.0 Å². The normalized spacial score (nSPS) is 22.0. The summed E-state index contributed by atoms with van der Waals surface area (Å²) in [5.41, 5.74) is 3.07. The monoisotopic (exact) mass is 475 g/mol. The van der Waals surface area contributed by atoms with E-state index in [0.717, 1.165) is 34.9 Å². The van der Waals surface area contributed by atoms with Crippen LogP contribution in [0.1, 0.15) is 30.4 Å². The third kappa shape index (κ3) is 4.11. The Balaban J connectivity index is 1.76. The van der Waals surface area contributed by atoms with Crippen molar-refractivity contribution in [2.45, 2.75) is 31.1 Å². The van der Waals surface area contributed by atoms with Crippen molar-refractivity contribution in [2.24, 2.45) is 5.92 Å². The molecule has 3 nitrogen and oxygen atoms in total. The maximum absolute atomic E-state index is 15.6. The predicted octanol–water partition coefficient (Wildman–Crippen LogP) is 5.87. The first-order chi connectivity index (χ1) is 13.9. The lowest BCUT2D eigenvalue weighted by Crippen LogP contribution is -2.42. The molecule has 1 atom stereocenters. The SMILES string of the molecule is Cc1ccc(S(=O)(=O)N2CC3=CCCCC3/C(=C(/F)c3ccc(Br)cc3)C2)cc1. The summed E-state index contributed by atoms with van der Waals surface area (Å²) in [6, 6.07) is 13.9. The predicted molar refractivity (Wildman–Crippen MR) is 118 cm³/mol. The van der Waals surface area contributed by atoms with E-state index >= 15 is 4.39 Å². The van der Waals surface area contributed by atoms with Crippen LogP contribution in [0.15, 0.2) is 75.1 Å². The Hall–Kier alpha value is -1.76. The molecule has 1 fully saturated rings. The third-order valence-electron chi connectivity index (χ3n) is 5.72. The second kappa shape index (κ2) is 8.17. The maximum Gasteiger partial charge on any atom is 0.243 e. The minimum atomic E-state index is -3.70. The molecule has 152 valence electrons. The quantitative estimate of drug-likeness (QED) is 0.520. The topological polar surface area (TPSA) is 37.4 Å². The smallest absolute Gasteiger partial charge is 0.207 e. The van der Waals surface area contributed by atoms with Crippen LogP contribution >= 0.6 is 15.9 Å². The molecule has 0 amide bonds. The molecule has 4 rings (SSSR count). The van der Waals surface area contributed by atoms with Crippen molar-refractivity contribution in [3.63, 3.8) is 0 Å². The second-order valence-electron chi connectivity index (χ2n) is 7.69. The molecular weight excluding hydrogens is 453 g/mol. The van der Waals surface area contributed by atoms with Gasteiger partial charge in [-0.1, -0.05) is 57.4 Å². The first-order valence-corrected chi connectivity index (χ1v) is 12.0. The van der Waals surface area contributed by atoms with Gasteiger partial charge in [-0.15, -0.1) is 0 Å². The van der Waals surface area contributed by atoms with E-state index in [9.17, 15) is 8.42 Å². The Morgan fingerprint density at radius 2 is 1.76 bits per heavy atom. The highest BCUT2D eigenvalue weighted by Gasteiger charge is 2.37. The second-order valence-corrected chi connectivity index (χ2v) is 10.5. The zero-order chi connectivity index (χ0) is 20.6. The molecule has 0 radical (unpaired) electrons. The fourth-order valence-corrected chi connectivity index (χ4v) is 5.77. The Labute approximate surface area is 180 Å². The summed E-state index contributed by atoms with van der Waals surface area (Å²) in [7, 11) is -3.70. The highest BCUT2D eigenvalue weighted by molar-refractivity contribution is 9.10. The van der Waals surface area contributed by atoms with Gasteiger partial charge in [0.05, 0.1) is 4.90 Å². The molecule has 2 aromatic rings. The highest BCUT2D eigenvalue weighted by Crippen LogP contribution is 2.41. The number of aryl methyl sites for hydroxylation is 1. The number of rotatable bonds is 3. The van der Waals surface area contributed by atoms with E-state index in [0.29, 0.717) is 17.7 Å². The number of sulfonamides is 1. The maximum atomic E-state index is 15.6. The summed E-state index contributed by atoms with van der Waals surface area (Å²) in [6.07, 6.45) is 4.87. The van der Waals surface area contributed by atoms with Crippen LogP contribution in [-0.4, -0.2) is 25.8 Å². The standard InChI is InChI=1S/C23H23BrFNO2S/c1-16-6-12-20(13-7-16)29(27,28)26-14-18-4-2-3-5-21(18)22(15-26)23(25)17-8-10-19(24)11-9-17/h4,6-13,21H,2-3,5,14-15H2,1H3/b23-22+. The Morgan fingerprint density at radius 1 is 1.07 bits per heavy atom. The van der Waals surface area contributed by atoms with Crippen molar-refractivity contribution in [1.29, 1.82) is 0 Å². The highest BCUT2D eigenvalue weighted by atomic mass is 79.9. The molecular formula is C23H23BrFNO2S. The van der Waals surface area contributed by atoms with Crippen molar-refractivity contribution in [3.05, 3.63) is 81.4 Å². The van der Waals surface area contributed by atoms with Gasteiger partial charge in [0.2, 0.25) is 10.0 Å².